The molecule has 0 aliphatic carbocycles. The van der Waals surface area contributed by atoms with Gasteiger partial charge in [-0.2, -0.15) is 4.79 Å². The van der Waals surface area contributed by atoms with E-state index in [0.29, 0.717) is 12.2 Å². The van der Waals surface area contributed by atoms with Gasteiger partial charge in [-0.05, 0) is 23.8 Å². The van der Waals surface area contributed by atoms with Crippen molar-refractivity contribution in [2.45, 2.75) is 19.8 Å². The van der Waals surface area contributed by atoms with Crippen LogP contribution in [0.25, 0.3) is 0 Å². The standard InChI is InChI=1S/C12H13N5O/c1-2-10-11-7-9(18)8-16(17(11)15-14-10)12-5-3-4-6-13-12/h3-6H,2,7-8H2,1H3. The number of ketones is 1. The van der Waals surface area contributed by atoms with E-state index in [1.165, 1.54) is 0 Å². The second-order valence-corrected chi connectivity index (χ2v) is 4.19. The smallest absolute Gasteiger partial charge is 0.160 e. The Morgan fingerprint density at radius 2 is 2.28 bits per heavy atom. The van der Waals surface area contributed by atoms with Crippen molar-refractivity contribution in [2.24, 2.45) is 0 Å². The van der Waals surface area contributed by atoms with Gasteiger partial charge < -0.3 is 0 Å². The molecule has 1 aliphatic rings. The number of hydrogen-bond donors (Lipinski definition) is 0. The number of pyridine rings is 1. The molecule has 0 amide bonds. The van der Waals surface area contributed by atoms with Crippen LogP contribution in [0.15, 0.2) is 24.4 Å². The Morgan fingerprint density at radius 1 is 1.39 bits per heavy atom. The maximum absolute atomic E-state index is 11.8. The highest BCUT2D eigenvalue weighted by atomic mass is 16.1. The molecule has 3 rings (SSSR count). The number of carbonyl (C=O) groups excluding carboxylic acids is 1. The van der Waals surface area contributed by atoms with E-state index in [4.69, 9.17) is 0 Å². The first-order valence-electron chi connectivity index (χ1n) is 5.93. The normalized spacial score (nSPS) is 14.7. The second kappa shape index (κ2) is 4.21. The molecular weight excluding hydrogens is 230 g/mol. The molecule has 6 nitrogen and oxygen atoms in total. The zero-order valence-corrected chi connectivity index (χ0v) is 10.1. The van der Waals surface area contributed by atoms with E-state index >= 15 is 0 Å². The maximum atomic E-state index is 11.8. The van der Waals surface area contributed by atoms with Crippen LogP contribution in [-0.4, -0.2) is 32.4 Å². The molecule has 0 saturated heterocycles. The fourth-order valence-corrected chi connectivity index (χ4v) is 2.13. The van der Waals surface area contributed by atoms with E-state index in [9.17, 15) is 4.79 Å². The van der Waals surface area contributed by atoms with E-state index in [0.717, 1.165) is 17.8 Å². The van der Waals surface area contributed by atoms with Crippen LogP contribution in [0.1, 0.15) is 18.3 Å². The average molecular weight is 243 g/mol. The minimum atomic E-state index is 0.158. The second-order valence-electron chi connectivity index (χ2n) is 4.19. The number of Topliss-reactive ketones (excluding diaryl/α,β-unsaturated/α-hetero) is 1. The number of aromatic nitrogens is 4. The largest absolute Gasteiger partial charge is 0.297 e. The number of anilines is 1. The van der Waals surface area contributed by atoms with Gasteiger partial charge in [-0.1, -0.05) is 13.0 Å². The number of hydrogen-bond acceptors (Lipinski definition) is 5. The number of rotatable bonds is 2. The topological polar surface area (TPSA) is 63.9 Å². The van der Waals surface area contributed by atoms with Gasteiger partial charge in [0.15, 0.2) is 5.78 Å². The predicted molar refractivity (Wildman–Crippen MR) is 65.1 cm³/mol. The van der Waals surface area contributed by atoms with Crippen LogP contribution in [0.5, 0.6) is 0 Å². The summed E-state index contributed by atoms with van der Waals surface area (Å²) in [5.74, 6) is 0.865. The third kappa shape index (κ3) is 1.66. The Bertz CT molecular complexity index is 577. The average Bonchev–Trinajstić information content (AvgIpc) is 2.81. The van der Waals surface area contributed by atoms with Crippen molar-refractivity contribution in [1.29, 1.82) is 0 Å². The predicted octanol–water partition coefficient (Wildman–Crippen LogP) is 0.630. The molecule has 3 heterocycles. The summed E-state index contributed by atoms with van der Waals surface area (Å²) in [7, 11) is 0. The van der Waals surface area contributed by atoms with Gasteiger partial charge in [-0.15, -0.1) is 5.10 Å². The SMILES string of the molecule is CCc1nnn2c1CC(=O)CN2c1ccccn1. The molecule has 0 N–H and O–H groups in total. The fraction of sp³-hybridized carbons (Fsp3) is 0.333. The molecule has 0 spiro atoms. The minimum absolute atomic E-state index is 0.158. The summed E-state index contributed by atoms with van der Waals surface area (Å²) in [4.78, 5) is 17.8. The molecule has 1 aliphatic heterocycles. The lowest BCUT2D eigenvalue weighted by molar-refractivity contribution is -0.118. The zero-order valence-electron chi connectivity index (χ0n) is 10.1. The summed E-state index contributed by atoms with van der Waals surface area (Å²) in [6, 6.07) is 5.59. The van der Waals surface area contributed by atoms with Gasteiger partial charge in [0.2, 0.25) is 0 Å². The molecule has 0 saturated carbocycles. The number of aryl methyl sites for hydroxylation is 1. The molecule has 6 heteroatoms. The van der Waals surface area contributed by atoms with E-state index in [1.54, 1.807) is 16.0 Å². The molecule has 0 unspecified atom stereocenters. The Hall–Kier alpha value is -2.24. The van der Waals surface area contributed by atoms with Crippen molar-refractivity contribution in [2.75, 3.05) is 11.6 Å². The first kappa shape index (κ1) is 10.9. The Labute approximate surface area is 104 Å². The van der Waals surface area contributed by atoms with E-state index in [-0.39, 0.29) is 12.3 Å². The van der Waals surface area contributed by atoms with E-state index < -0.39 is 0 Å². The fourth-order valence-electron chi connectivity index (χ4n) is 2.13. The maximum Gasteiger partial charge on any atom is 0.160 e. The summed E-state index contributed by atoms with van der Waals surface area (Å²) >= 11 is 0. The van der Waals surface area contributed by atoms with Crippen molar-refractivity contribution in [1.82, 2.24) is 20.1 Å². The Balaban J connectivity index is 2.08. The zero-order chi connectivity index (χ0) is 12.5. The van der Waals surface area contributed by atoms with Crippen LogP contribution >= 0.6 is 0 Å². The number of nitrogens with zero attached hydrogens (tertiary/aromatic N) is 5. The molecule has 2 aromatic rings. The first-order valence-corrected chi connectivity index (χ1v) is 5.93. The summed E-state index contributed by atoms with van der Waals surface area (Å²) in [6.07, 6.45) is 2.88. The van der Waals surface area contributed by atoms with Crippen molar-refractivity contribution < 1.29 is 4.79 Å². The highest BCUT2D eigenvalue weighted by Crippen LogP contribution is 2.19. The highest BCUT2D eigenvalue weighted by Gasteiger charge is 2.27. The summed E-state index contributed by atoms with van der Waals surface area (Å²) in [5, 5.41) is 10.00. The lowest BCUT2D eigenvalue weighted by Crippen LogP contribution is -2.42. The van der Waals surface area contributed by atoms with Crippen LogP contribution < -0.4 is 5.01 Å². The van der Waals surface area contributed by atoms with Gasteiger partial charge in [-0.3, -0.25) is 4.79 Å². The Kier molecular flexibility index (Phi) is 2.55. The highest BCUT2D eigenvalue weighted by molar-refractivity contribution is 5.86. The van der Waals surface area contributed by atoms with E-state index in [2.05, 4.69) is 15.3 Å². The number of fused-ring (bicyclic) bond motifs is 1. The van der Waals surface area contributed by atoms with Gasteiger partial charge in [-0.25, -0.2) is 9.99 Å². The molecule has 0 bridgehead atoms. The molecule has 0 atom stereocenters. The summed E-state index contributed by atoms with van der Waals surface area (Å²) in [5.41, 5.74) is 1.75. The molecule has 0 aromatic carbocycles. The van der Waals surface area contributed by atoms with Gasteiger partial charge in [0.05, 0.1) is 17.8 Å². The lowest BCUT2D eigenvalue weighted by atomic mass is 10.1. The van der Waals surface area contributed by atoms with Gasteiger partial charge in [0.1, 0.15) is 12.4 Å². The lowest BCUT2D eigenvalue weighted by Gasteiger charge is -2.27. The molecule has 92 valence electrons. The Morgan fingerprint density at radius 3 is 3.00 bits per heavy atom. The first-order chi connectivity index (χ1) is 8.79. The molecular formula is C12H13N5O. The van der Waals surface area contributed by atoms with Crippen molar-refractivity contribution in [3.05, 3.63) is 35.8 Å². The molecule has 2 aromatic heterocycles. The third-order valence-corrected chi connectivity index (χ3v) is 2.99. The summed E-state index contributed by atoms with van der Waals surface area (Å²) < 4.78 is 0. The molecule has 0 radical (unpaired) electrons. The van der Waals surface area contributed by atoms with Crippen LogP contribution in [-0.2, 0) is 17.6 Å². The van der Waals surface area contributed by atoms with Crippen LogP contribution in [0.3, 0.4) is 0 Å². The van der Waals surface area contributed by atoms with Gasteiger partial charge >= 0.3 is 0 Å². The quantitative estimate of drug-likeness (QED) is 0.774. The van der Waals surface area contributed by atoms with Gasteiger partial charge in [0, 0.05) is 6.20 Å². The van der Waals surface area contributed by atoms with Crippen molar-refractivity contribution >= 4 is 11.6 Å². The van der Waals surface area contributed by atoms with Crippen LogP contribution in [0.4, 0.5) is 5.82 Å². The van der Waals surface area contributed by atoms with Crippen molar-refractivity contribution in [3.8, 4) is 0 Å². The summed E-state index contributed by atoms with van der Waals surface area (Å²) in [6.45, 7) is 2.30. The molecule has 18 heavy (non-hydrogen) atoms. The van der Waals surface area contributed by atoms with Crippen molar-refractivity contribution in [3.63, 3.8) is 0 Å². The minimum Gasteiger partial charge on any atom is -0.297 e. The van der Waals surface area contributed by atoms with Gasteiger partial charge in [0.25, 0.3) is 0 Å². The monoisotopic (exact) mass is 243 g/mol. The van der Waals surface area contributed by atoms with E-state index in [1.807, 2.05) is 25.1 Å². The van der Waals surface area contributed by atoms with Crippen LogP contribution in [0, 0.1) is 0 Å². The third-order valence-electron chi connectivity index (χ3n) is 2.99. The van der Waals surface area contributed by atoms with Crippen LogP contribution in [0.2, 0.25) is 0 Å². The number of carbonyl (C=O) groups is 1. The molecule has 0 fully saturated rings.